The van der Waals surface area contributed by atoms with Gasteiger partial charge in [-0.1, -0.05) is 30.3 Å². The molecular formula is C15H12BrFO. The molecule has 0 saturated carbocycles. The highest BCUT2D eigenvalue weighted by Crippen LogP contribution is 2.18. The van der Waals surface area contributed by atoms with Gasteiger partial charge >= 0.3 is 0 Å². The van der Waals surface area contributed by atoms with Crippen LogP contribution in [-0.2, 0) is 6.42 Å². The summed E-state index contributed by atoms with van der Waals surface area (Å²) in [7, 11) is 0. The van der Waals surface area contributed by atoms with Crippen LogP contribution in [0.5, 0.6) is 0 Å². The molecule has 0 heterocycles. The van der Waals surface area contributed by atoms with Crippen LogP contribution in [0.4, 0.5) is 4.39 Å². The first-order valence-corrected chi connectivity index (χ1v) is 6.40. The average molecular weight is 307 g/mol. The van der Waals surface area contributed by atoms with Gasteiger partial charge in [0.2, 0.25) is 0 Å². The summed E-state index contributed by atoms with van der Waals surface area (Å²) in [5, 5.41) is 0. The molecule has 0 saturated heterocycles. The van der Waals surface area contributed by atoms with Crippen molar-refractivity contribution in [1.29, 1.82) is 0 Å². The molecule has 0 aliphatic heterocycles. The molecule has 0 aliphatic carbocycles. The fourth-order valence-corrected chi connectivity index (χ4v) is 2.24. The van der Waals surface area contributed by atoms with Crippen molar-refractivity contribution in [3.8, 4) is 0 Å². The van der Waals surface area contributed by atoms with E-state index in [0.29, 0.717) is 4.47 Å². The smallest absolute Gasteiger partial charge is 0.167 e. The molecule has 0 radical (unpaired) electrons. The first-order chi connectivity index (χ1) is 8.58. The summed E-state index contributed by atoms with van der Waals surface area (Å²) in [4.78, 5) is 12.1. The first-order valence-electron chi connectivity index (χ1n) is 5.60. The van der Waals surface area contributed by atoms with E-state index < -0.39 is 0 Å². The summed E-state index contributed by atoms with van der Waals surface area (Å²) in [5.74, 6) is -0.270. The Labute approximate surface area is 114 Å². The van der Waals surface area contributed by atoms with Gasteiger partial charge in [0.15, 0.2) is 5.78 Å². The molecule has 0 fully saturated rings. The molecule has 0 unspecified atom stereocenters. The van der Waals surface area contributed by atoms with Gasteiger partial charge in [0.05, 0.1) is 4.47 Å². The van der Waals surface area contributed by atoms with Gasteiger partial charge in [0.25, 0.3) is 0 Å². The minimum absolute atomic E-state index is 0.0478. The van der Waals surface area contributed by atoms with Crippen molar-refractivity contribution in [2.45, 2.75) is 13.3 Å². The van der Waals surface area contributed by atoms with E-state index in [1.54, 1.807) is 12.1 Å². The monoisotopic (exact) mass is 306 g/mol. The van der Waals surface area contributed by atoms with Crippen molar-refractivity contribution in [1.82, 2.24) is 0 Å². The average Bonchev–Trinajstić information content (AvgIpc) is 2.34. The van der Waals surface area contributed by atoms with E-state index in [2.05, 4.69) is 15.9 Å². The van der Waals surface area contributed by atoms with Crippen LogP contribution in [0, 0.1) is 12.7 Å². The van der Waals surface area contributed by atoms with Crippen molar-refractivity contribution < 1.29 is 9.18 Å². The minimum atomic E-state index is -0.318. The molecule has 0 aliphatic rings. The molecule has 18 heavy (non-hydrogen) atoms. The first kappa shape index (κ1) is 13.0. The highest BCUT2D eigenvalue weighted by Gasteiger charge is 2.10. The zero-order valence-electron chi connectivity index (χ0n) is 9.91. The number of rotatable bonds is 3. The molecule has 92 valence electrons. The third kappa shape index (κ3) is 2.85. The molecule has 1 nitrogen and oxygen atoms in total. The Morgan fingerprint density at radius 3 is 2.61 bits per heavy atom. The molecule has 0 bridgehead atoms. The lowest BCUT2D eigenvalue weighted by molar-refractivity contribution is 0.0992. The van der Waals surface area contributed by atoms with Gasteiger partial charge in [-0.15, -0.1) is 0 Å². The Morgan fingerprint density at radius 1 is 1.22 bits per heavy atom. The van der Waals surface area contributed by atoms with Crippen LogP contribution < -0.4 is 0 Å². The third-order valence-electron chi connectivity index (χ3n) is 2.79. The second kappa shape index (κ2) is 5.44. The Kier molecular flexibility index (Phi) is 3.92. The lowest BCUT2D eigenvalue weighted by atomic mass is 9.99. The van der Waals surface area contributed by atoms with Crippen molar-refractivity contribution in [3.63, 3.8) is 0 Å². The third-order valence-corrected chi connectivity index (χ3v) is 3.40. The van der Waals surface area contributed by atoms with Crippen molar-refractivity contribution in [2.75, 3.05) is 0 Å². The number of carbonyl (C=O) groups is 1. The van der Waals surface area contributed by atoms with E-state index in [1.165, 1.54) is 6.07 Å². The van der Waals surface area contributed by atoms with Gasteiger partial charge in [0, 0.05) is 12.0 Å². The molecule has 0 aromatic heterocycles. The summed E-state index contributed by atoms with van der Waals surface area (Å²) in [5.41, 5.74) is 2.48. The maximum Gasteiger partial charge on any atom is 0.167 e. The van der Waals surface area contributed by atoms with Gasteiger partial charge < -0.3 is 0 Å². The summed E-state index contributed by atoms with van der Waals surface area (Å²) >= 11 is 3.12. The molecule has 2 aromatic carbocycles. The number of carbonyl (C=O) groups excluding carboxylic acids is 1. The molecule has 0 atom stereocenters. The summed E-state index contributed by atoms with van der Waals surface area (Å²) in [6.07, 6.45) is 0.281. The summed E-state index contributed by atoms with van der Waals surface area (Å²) < 4.78 is 13.5. The SMILES string of the molecule is Cc1ccccc1C(=O)Cc1ccc(F)c(Br)c1. The van der Waals surface area contributed by atoms with Crippen LogP contribution in [0.2, 0.25) is 0 Å². The maximum absolute atomic E-state index is 13.1. The number of benzene rings is 2. The number of halogens is 2. The molecule has 2 aromatic rings. The van der Waals surface area contributed by atoms with Crippen LogP contribution >= 0.6 is 15.9 Å². The van der Waals surface area contributed by atoms with Gasteiger partial charge in [-0.3, -0.25) is 4.79 Å². The van der Waals surface area contributed by atoms with E-state index in [-0.39, 0.29) is 18.0 Å². The quantitative estimate of drug-likeness (QED) is 0.772. The van der Waals surface area contributed by atoms with Gasteiger partial charge in [-0.2, -0.15) is 0 Å². The maximum atomic E-state index is 13.1. The normalized spacial score (nSPS) is 10.4. The van der Waals surface area contributed by atoms with E-state index in [1.807, 2.05) is 31.2 Å². The lowest BCUT2D eigenvalue weighted by Gasteiger charge is -2.05. The van der Waals surface area contributed by atoms with E-state index in [0.717, 1.165) is 16.7 Å². The van der Waals surface area contributed by atoms with Crippen molar-refractivity contribution in [2.24, 2.45) is 0 Å². The molecule has 2 rings (SSSR count). The Morgan fingerprint density at radius 2 is 1.94 bits per heavy atom. The van der Waals surface area contributed by atoms with Crippen LogP contribution in [0.1, 0.15) is 21.5 Å². The number of Topliss-reactive ketones (excluding diaryl/α,β-unsaturated/α-hetero) is 1. The van der Waals surface area contributed by atoms with Crippen LogP contribution in [-0.4, -0.2) is 5.78 Å². The minimum Gasteiger partial charge on any atom is -0.294 e. The fourth-order valence-electron chi connectivity index (χ4n) is 1.82. The van der Waals surface area contributed by atoms with E-state index in [9.17, 15) is 9.18 Å². The Balaban J connectivity index is 2.22. The zero-order valence-corrected chi connectivity index (χ0v) is 11.5. The van der Waals surface area contributed by atoms with Gasteiger partial charge in [-0.25, -0.2) is 4.39 Å². The molecule has 0 spiro atoms. The van der Waals surface area contributed by atoms with Gasteiger partial charge in [-0.05, 0) is 46.1 Å². The number of hydrogen-bond acceptors (Lipinski definition) is 1. The largest absolute Gasteiger partial charge is 0.294 e. The second-order valence-electron chi connectivity index (χ2n) is 4.16. The molecule has 3 heteroatoms. The van der Waals surface area contributed by atoms with Crippen molar-refractivity contribution in [3.05, 3.63) is 69.4 Å². The zero-order chi connectivity index (χ0) is 13.1. The Bertz CT molecular complexity index is 593. The predicted octanol–water partition coefficient (Wildman–Crippen LogP) is 4.32. The highest BCUT2D eigenvalue weighted by molar-refractivity contribution is 9.10. The van der Waals surface area contributed by atoms with Crippen LogP contribution in [0.15, 0.2) is 46.9 Å². The lowest BCUT2D eigenvalue weighted by Crippen LogP contribution is -2.05. The standard InChI is InChI=1S/C15H12BrFO/c1-10-4-2-3-5-12(10)15(18)9-11-6-7-14(17)13(16)8-11/h2-8H,9H2,1H3. The number of aryl methyl sites for hydroxylation is 1. The number of ketones is 1. The van der Waals surface area contributed by atoms with Gasteiger partial charge in [0.1, 0.15) is 5.82 Å². The topological polar surface area (TPSA) is 17.1 Å². The highest BCUT2D eigenvalue weighted by atomic mass is 79.9. The van der Waals surface area contributed by atoms with Crippen LogP contribution in [0.3, 0.4) is 0 Å². The predicted molar refractivity (Wildman–Crippen MR) is 73.3 cm³/mol. The van der Waals surface area contributed by atoms with E-state index >= 15 is 0 Å². The fraction of sp³-hybridized carbons (Fsp3) is 0.133. The molecular weight excluding hydrogens is 295 g/mol. The van der Waals surface area contributed by atoms with Crippen molar-refractivity contribution >= 4 is 21.7 Å². The summed E-state index contributed by atoms with van der Waals surface area (Å²) in [6.45, 7) is 1.91. The summed E-state index contributed by atoms with van der Waals surface area (Å²) in [6, 6.07) is 12.1. The number of hydrogen-bond donors (Lipinski definition) is 0. The second-order valence-corrected chi connectivity index (χ2v) is 5.02. The molecule has 0 amide bonds. The Hall–Kier alpha value is -1.48. The van der Waals surface area contributed by atoms with E-state index in [4.69, 9.17) is 0 Å². The molecule has 0 N–H and O–H groups in total. The van der Waals surface area contributed by atoms with Crippen LogP contribution in [0.25, 0.3) is 0 Å².